The van der Waals surface area contributed by atoms with Crippen LogP contribution in [-0.4, -0.2) is 72.6 Å². The number of anilines is 2. The van der Waals surface area contributed by atoms with Crippen LogP contribution >= 0.6 is 22.9 Å². The largest absolute Gasteiger partial charge is 0.461 e. The van der Waals surface area contributed by atoms with Gasteiger partial charge in [-0.3, -0.25) is 4.90 Å². The Kier molecular flexibility index (Phi) is 7.24. The number of thiophene rings is 1. The van der Waals surface area contributed by atoms with Gasteiger partial charge in [0.2, 0.25) is 5.69 Å². The maximum absolute atomic E-state index is 16.8. The number of rotatable bonds is 5. The zero-order valence-corrected chi connectivity index (χ0v) is 24.7. The molecule has 7 rings (SSSR count). The maximum Gasteiger partial charge on any atom is 0.319 e. The number of benzene rings is 2. The number of nitrogens with zero attached hydrogens (tertiary/aromatic N) is 5. The van der Waals surface area contributed by atoms with Gasteiger partial charge in [-0.05, 0) is 43.5 Å². The Labute approximate surface area is 255 Å². The first-order valence-corrected chi connectivity index (χ1v) is 15.4. The van der Waals surface area contributed by atoms with Crippen molar-refractivity contribution in [3.8, 4) is 17.1 Å². The molecule has 0 amide bonds. The lowest BCUT2D eigenvalue weighted by atomic mass is 9.95. The average Bonchev–Trinajstić information content (AvgIpc) is 3.53. The molecule has 3 aliphatic heterocycles. The minimum atomic E-state index is -0.921. The minimum Gasteiger partial charge on any atom is -0.461 e. The molecule has 224 valence electrons. The van der Waals surface area contributed by atoms with Crippen LogP contribution in [0.15, 0.2) is 18.2 Å². The summed E-state index contributed by atoms with van der Waals surface area (Å²) in [6.07, 6.45) is 1.96. The SMILES string of the molecule is [C-]#[N+]c1c(N)sc2c(F)ccc(-c3c(Cl)cc4c(N5CCCOCC5)nc(OC[C@@]56CCCN5C[C@H](F)C6)nc4c3F)c12. The van der Waals surface area contributed by atoms with E-state index < -0.39 is 23.3 Å². The van der Waals surface area contributed by atoms with E-state index in [-0.39, 0.29) is 55.1 Å². The Balaban J connectivity index is 1.39. The number of hydrogen-bond donors (Lipinski definition) is 1. The lowest BCUT2D eigenvalue weighted by molar-refractivity contribution is 0.107. The first kappa shape index (κ1) is 28.4. The molecule has 8 nitrogen and oxygen atoms in total. The number of alkyl halides is 1. The molecule has 0 saturated carbocycles. The molecule has 3 aliphatic rings. The number of fused-ring (bicyclic) bond motifs is 3. The second-order valence-corrected chi connectivity index (χ2v) is 12.8. The molecule has 0 radical (unpaired) electrons. The summed E-state index contributed by atoms with van der Waals surface area (Å²) < 4.78 is 57.9. The molecule has 2 aromatic carbocycles. The molecule has 0 aliphatic carbocycles. The number of nitrogen functional groups attached to an aromatic ring is 1. The Bertz CT molecular complexity index is 1790. The number of aromatic nitrogens is 2. The van der Waals surface area contributed by atoms with Crippen molar-refractivity contribution in [3.63, 3.8) is 0 Å². The summed E-state index contributed by atoms with van der Waals surface area (Å²) >= 11 is 7.71. The van der Waals surface area contributed by atoms with Crippen LogP contribution in [0.25, 0.3) is 37.0 Å². The Morgan fingerprint density at radius 2 is 2.07 bits per heavy atom. The van der Waals surface area contributed by atoms with E-state index in [1.165, 1.54) is 12.1 Å². The Hall–Kier alpha value is -3.37. The molecule has 4 aromatic rings. The van der Waals surface area contributed by atoms with E-state index in [0.717, 1.165) is 37.1 Å². The third-order valence-corrected chi connectivity index (χ3v) is 10.1. The maximum atomic E-state index is 16.8. The highest BCUT2D eigenvalue weighted by Gasteiger charge is 2.49. The number of ether oxygens (including phenoxy) is 2. The van der Waals surface area contributed by atoms with Gasteiger partial charge >= 0.3 is 6.01 Å². The highest BCUT2D eigenvalue weighted by atomic mass is 35.5. The lowest BCUT2D eigenvalue weighted by Gasteiger charge is -2.31. The summed E-state index contributed by atoms with van der Waals surface area (Å²) in [6.45, 7) is 11.2. The van der Waals surface area contributed by atoms with Crippen molar-refractivity contribution in [2.75, 3.05) is 56.6 Å². The quantitative estimate of drug-likeness (QED) is 0.245. The Morgan fingerprint density at radius 1 is 1.21 bits per heavy atom. The molecule has 2 atom stereocenters. The third-order valence-electron chi connectivity index (χ3n) is 8.77. The van der Waals surface area contributed by atoms with Gasteiger partial charge in [0.05, 0.1) is 33.4 Å². The highest BCUT2D eigenvalue weighted by molar-refractivity contribution is 7.23. The summed E-state index contributed by atoms with van der Waals surface area (Å²) in [5.41, 5.74) is 5.85. The third kappa shape index (κ3) is 4.73. The monoisotopic (exact) mass is 628 g/mol. The second-order valence-electron chi connectivity index (χ2n) is 11.3. The van der Waals surface area contributed by atoms with Crippen LogP contribution in [0.1, 0.15) is 25.7 Å². The zero-order chi connectivity index (χ0) is 29.9. The normalized spacial score (nSPS) is 22.7. The van der Waals surface area contributed by atoms with Crippen LogP contribution in [0.4, 0.5) is 29.7 Å². The highest BCUT2D eigenvalue weighted by Crippen LogP contribution is 2.49. The summed E-state index contributed by atoms with van der Waals surface area (Å²) in [6, 6.07) is 4.20. The first-order valence-electron chi connectivity index (χ1n) is 14.2. The van der Waals surface area contributed by atoms with Crippen LogP contribution in [0.5, 0.6) is 6.01 Å². The predicted molar refractivity (Wildman–Crippen MR) is 162 cm³/mol. The summed E-state index contributed by atoms with van der Waals surface area (Å²) in [5, 5.41) is 0.790. The molecule has 2 aromatic heterocycles. The minimum absolute atomic E-state index is 0.0192. The van der Waals surface area contributed by atoms with E-state index in [9.17, 15) is 8.78 Å². The van der Waals surface area contributed by atoms with Gasteiger partial charge in [-0.2, -0.15) is 9.97 Å². The van der Waals surface area contributed by atoms with E-state index in [1.54, 1.807) is 6.07 Å². The molecule has 5 heterocycles. The fraction of sp³-hybridized carbons (Fsp3) is 0.433. The van der Waals surface area contributed by atoms with Crippen molar-refractivity contribution in [1.82, 2.24) is 14.9 Å². The molecular weight excluding hydrogens is 601 g/mol. The fourth-order valence-corrected chi connectivity index (χ4v) is 8.04. The van der Waals surface area contributed by atoms with Crippen molar-refractivity contribution in [1.29, 1.82) is 0 Å². The van der Waals surface area contributed by atoms with Crippen LogP contribution in [0.3, 0.4) is 0 Å². The second kappa shape index (κ2) is 11.0. The fourth-order valence-electron chi connectivity index (χ4n) is 6.81. The van der Waals surface area contributed by atoms with Crippen LogP contribution in [-0.2, 0) is 4.74 Å². The summed E-state index contributed by atoms with van der Waals surface area (Å²) in [7, 11) is 0. The van der Waals surface area contributed by atoms with E-state index in [1.807, 2.05) is 4.90 Å². The van der Waals surface area contributed by atoms with Gasteiger partial charge < -0.3 is 20.1 Å². The summed E-state index contributed by atoms with van der Waals surface area (Å²) in [5.74, 6) is -0.852. The van der Waals surface area contributed by atoms with Gasteiger partial charge in [0.25, 0.3) is 0 Å². The predicted octanol–water partition coefficient (Wildman–Crippen LogP) is 6.76. The Morgan fingerprint density at radius 3 is 2.91 bits per heavy atom. The molecular formula is C30H28ClF3N6O2S. The zero-order valence-electron chi connectivity index (χ0n) is 23.1. The average molecular weight is 629 g/mol. The molecule has 43 heavy (non-hydrogen) atoms. The number of halogens is 4. The molecule has 2 N–H and O–H groups in total. The molecule has 0 spiro atoms. The molecule has 0 bridgehead atoms. The number of nitrogens with two attached hydrogens (primary N) is 1. The van der Waals surface area contributed by atoms with Gasteiger partial charge in [0.1, 0.15) is 29.9 Å². The van der Waals surface area contributed by atoms with Gasteiger partial charge in [-0.25, -0.2) is 18.0 Å². The molecule has 3 fully saturated rings. The smallest absolute Gasteiger partial charge is 0.319 e. The van der Waals surface area contributed by atoms with Crippen LogP contribution in [0.2, 0.25) is 5.02 Å². The van der Waals surface area contributed by atoms with Crippen molar-refractivity contribution in [3.05, 3.63) is 46.3 Å². The van der Waals surface area contributed by atoms with Gasteiger partial charge in [0, 0.05) is 49.0 Å². The van der Waals surface area contributed by atoms with Crippen LogP contribution in [0, 0.1) is 18.2 Å². The van der Waals surface area contributed by atoms with E-state index in [2.05, 4.69) is 14.7 Å². The van der Waals surface area contributed by atoms with Gasteiger partial charge in [-0.1, -0.05) is 17.7 Å². The lowest BCUT2D eigenvalue weighted by Crippen LogP contribution is -2.43. The molecule has 3 saturated heterocycles. The van der Waals surface area contributed by atoms with Crippen LogP contribution < -0.4 is 15.4 Å². The van der Waals surface area contributed by atoms with E-state index >= 15 is 4.39 Å². The van der Waals surface area contributed by atoms with Gasteiger partial charge in [0.15, 0.2) is 5.82 Å². The van der Waals surface area contributed by atoms with Crippen molar-refractivity contribution in [2.24, 2.45) is 0 Å². The summed E-state index contributed by atoms with van der Waals surface area (Å²) in [4.78, 5) is 16.9. The first-order chi connectivity index (χ1) is 20.8. The van der Waals surface area contributed by atoms with Crippen molar-refractivity contribution >= 4 is 60.4 Å². The molecule has 13 heteroatoms. The van der Waals surface area contributed by atoms with E-state index in [0.29, 0.717) is 50.5 Å². The number of hydrogen-bond acceptors (Lipinski definition) is 8. The molecule has 0 unspecified atom stereocenters. The van der Waals surface area contributed by atoms with Gasteiger partial charge in [-0.15, -0.1) is 11.3 Å². The van der Waals surface area contributed by atoms with Crippen molar-refractivity contribution < 1.29 is 22.6 Å². The van der Waals surface area contributed by atoms with Crippen molar-refractivity contribution in [2.45, 2.75) is 37.4 Å². The standard InChI is InChI=1S/C30H28ClF3N6O2S/c1-36-25-22-17(4-5-20(33)26(22)43-27(25)35)21-19(31)12-18-24(23(21)34)37-29(38-28(18)39-7-3-10-41-11-9-39)42-15-30-6-2-8-40(30)14-16(32)13-30/h4-5,12,16H,2-3,6-11,13-15,35H2/t16-,30+/m1/s1. The van der Waals surface area contributed by atoms with E-state index in [4.69, 9.17) is 38.4 Å². The topological polar surface area (TPSA) is 81.1 Å².